The lowest BCUT2D eigenvalue weighted by atomic mass is 10.1. The molecule has 0 bridgehead atoms. The molecule has 2 rings (SSSR count). The van der Waals surface area contributed by atoms with Crippen LogP contribution in [-0.4, -0.2) is 66.0 Å². The normalized spacial score (nSPS) is 26.9. The maximum absolute atomic E-state index is 11.5. The number of carbonyl (C=O) groups excluding carboxylic acids is 1. The van der Waals surface area contributed by atoms with Gasteiger partial charge < -0.3 is 31.5 Å². The molecule has 9 N–H and O–H groups in total. The van der Waals surface area contributed by atoms with E-state index < -0.39 is 42.9 Å². The maximum atomic E-state index is 11.5. The smallest absolute Gasteiger partial charge is 0.354 e. The zero-order valence-electron chi connectivity index (χ0n) is 11.1. The van der Waals surface area contributed by atoms with Crippen molar-refractivity contribution < 1.29 is 30.1 Å². The largest absolute Gasteiger partial charge is 0.394 e. The molecule has 0 radical (unpaired) electrons. The number of nitrogens with two attached hydrogens (primary N) is 2. The van der Waals surface area contributed by atoms with Crippen molar-refractivity contribution >= 4 is 12.0 Å². The zero-order chi connectivity index (χ0) is 16.9. The number of rotatable bonds is 2. The van der Waals surface area contributed by atoms with Gasteiger partial charge >= 0.3 is 11.7 Å². The van der Waals surface area contributed by atoms with E-state index in [9.17, 15) is 19.8 Å². The fraction of sp³-hybridized carbons (Fsp3) is 0.556. The van der Waals surface area contributed by atoms with E-state index in [1.165, 1.54) is 5.48 Å². The van der Waals surface area contributed by atoms with Gasteiger partial charge in [0.25, 0.3) is 0 Å². The van der Waals surface area contributed by atoms with Crippen LogP contribution in [0.1, 0.15) is 6.23 Å². The van der Waals surface area contributed by atoms with E-state index in [1.54, 1.807) is 0 Å². The van der Waals surface area contributed by atoms with Gasteiger partial charge in [-0.05, 0) is 0 Å². The standard InChI is InChI=1S/C8H12N4O5.CH4N2O2/c9-7-10-2-12(8(16)11-7)6-5(15)4(14)3(1-13)17-6;2-1(4)3-5/h2-6,13-15H,1H2,(H2,9,11,16);5H,(H3,2,3,4)/t3-,4-,5-,6?;/m1./s1. The van der Waals surface area contributed by atoms with Crippen molar-refractivity contribution in [3.63, 3.8) is 0 Å². The Labute approximate surface area is 122 Å². The molecule has 2 amide bonds. The number of hydrogen-bond acceptors (Lipinski definition) is 10. The monoisotopic (exact) mass is 320 g/mol. The number of hydroxylamine groups is 1. The molecule has 4 atom stereocenters. The second-order valence-electron chi connectivity index (χ2n) is 4.11. The summed E-state index contributed by atoms with van der Waals surface area (Å²) in [6, 6.07) is -0.940. The lowest BCUT2D eigenvalue weighted by molar-refractivity contribution is -0.0554. The number of aliphatic hydroxyl groups excluding tert-OH is 3. The van der Waals surface area contributed by atoms with Crippen LogP contribution in [0, 0.1) is 0 Å². The number of nitrogens with zero attached hydrogens (tertiary/aromatic N) is 3. The summed E-state index contributed by atoms with van der Waals surface area (Å²) in [5.41, 5.74) is 9.91. The zero-order valence-corrected chi connectivity index (χ0v) is 11.1. The number of carbonyl (C=O) groups is 1. The van der Waals surface area contributed by atoms with Gasteiger partial charge in [0.15, 0.2) is 6.23 Å². The molecule has 1 fully saturated rings. The minimum Gasteiger partial charge on any atom is -0.394 e. The van der Waals surface area contributed by atoms with E-state index in [4.69, 9.17) is 20.8 Å². The predicted octanol–water partition coefficient (Wildman–Crippen LogP) is -4.12. The number of urea groups is 1. The molecule has 1 unspecified atom stereocenters. The lowest BCUT2D eigenvalue weighted by Gasteiger charge is -2.16. The first kappa shape index (κ1) is 17.7. The van der Waals surface area contributed by atoms with Crippen LogP contribution in [0.15, 0.2) is 11.1 Å². The van der Waals surface area contributed by atoms with Gasteiger partial charge in [-0.2, -0.15) is 4.98 Å². The molecule has 1 aliphatic rings. The molecule has 1 aliphatic heterocycles. The Morgan fingerprint density at radius 3 is 2.45 bits per heavy atom. The molecule has 0 spiro atoms. The summed E-state index contributed by atoms with van der Waals surface area (Å²) in [5.74, 6) is -0.196. The summed E-state index contributed by atoms with van der Waals surface area (Å²) < 4.78 is 6.04. The van der Waals surface area contributed by atoms with E-state index in [2.05, 4.69) is 15.7 Å². The quantitative estimate of drug-likeness (QED) is 0.206. The number of aromatic nitrogens is 3. The molecular formula is C9H16N6O7. The molecule has 0 aliphatic carbocycles. The van der Waals surface area contributed by atoms with E-state index >= 15 is 0 Å². The van der Waals surface area contributed by atoms with Crippen LogP contribution in [0.25, 0.3) is 0 Å². The molecule has 124 valence electrons. The van der Waals surface area contributed by atoms with E-state index in [-0.39, 0.29) is 5.95 Å². The second-order valence-corrected chi connectivity index (χ2v) is 4.11. The highest BCUT2D eigenvalue weighted by molar-refractivity contribution is 5.69. The molecule has 1 saturated heterocycles. The van der Waals surface area contributed by atoms with Gasteiger partial charge in [-0.25, -0.2) is 20.1 Å². The lowest BCUT2D eigenvalue weighted by Crippen LogP contribution is -2.36. The molecule has 22 heavy (non-hydrogen) atoms. The molecule has 13 nitrogen and oxygen atoms in total. The topological polar surface area (TPSA) is 219 Å². The summed E-state index contributed by atoms with van der Waals surface area (Å²) in [5, 5.41) is 35.5. The number of primary amides is 1. The van der Waals surface area contributed by atoms with Crippen molar-refractivity contribution in [1.29, 1.82) is 0 Å². The fourth-order valence-corrected chi connectivity index (χ4v) is 1.64. The first-order valence-electron chi connectivity index (χ1n) is 5.84. The number of amides is 2. The van der Waals surface area contributed by atoms with Crippen molar-refractivity contribution in [1.82, 2.24) is 20.0 Å². The number of nitrogen functional groups attached to an aromatic ring is 1. The van der Waals surface area contributed by atoms with Crippen molar-refractivity contribution in [2.75, 3.05) is 12.3 Å². The first-order valence-corrected chi connectivity index (χ1v) is 5.84. The Morgan fingerprint density at radius 1 is 1.45 bits per heavy atom. The van der Waals surface area contributed by atoms with Gasteiger partial charge in [-0.1, -0.05) is 0 Å². The highest BCUT2D eigenvalue weighted by Gasteiger charge is 2.43. The van der Waals surface area contributed by atoms with E-state index in [0.29, 0.717) is 0 Å². The van der Waals surface area contributed by atoms with Crippen LogP contribution in [0.5, 0.6) is 0 Å². The third kappa shape index (κ3) is 4.09. The Morgan fingerprint density at radius 2 is 2.05 bits per heavy atom. The van der Waals surface area contributed by atoms with Gasteiger partial charge in [0.2, 0.25) is 5.95 Å². The molecule has 13 heteroatoms. The van der Waals surface area contributed by atoms with Crippen molar-refractivity contribution in [3.8, 4) is 0 Å². The number of nitrogens with one attached hydrogen (secondary N) is 1. The van der Waals surface area contributed by atoms with Crippen molar-refractivity contribution in [3.05, 3.63) is 16.8 Å². The second kappa shape index (κ2) is 7.62. The summed E-state index contributed by atoms with van der Waals surface area (Å²) in [7, 11) is 0. The average molecular weight is 320 g/mol. The molecule has 0 saturated carbocycles. The molecule has 0 aromatic carbocycles. The van der Waals surface area contributed by atoms with Crippen molar-refractivity contribution in [2.24, 2.45) is 5.73 Å². The summed E-state index contributed by atoms with van der Waals surface area (Å²) in [6.07, 6.45) is -3.67. The minimum absolute atomic E-state index is 0.196. The Balaban J connectivity index is 0.000000422. The molecule has 1 aromatic rings. The Bertz CT molecular complexity index is 566. The van der Waals surface area contributed by atoms with Crippen LogP contribution in [0.4, 0.5) is 10.7 Å². The van der Waals surface area contributed by atoms with E-state index in [1.807, 2.05) is 0 Å². The third-order valence-corrected chi connectivity index (χ3v) is 2.65. The summed E-state index contributed by atoms with van der Waals surface area (Å²) in [6.45, 7) is -0.473. The van der Waals surface area contributed by atoms with E-state index in [0.717, 1.165) is 10.9 Å². The summed E-state index contributed by atoms with van der Waals surface area (Å²) >= 11 is 0. The van der Waals surface area contributed by atoms with Crippen molar-refractivity contribution in [2.45, 2.75) is 24.5 Å². The van der Waals surface area contributed by atoms with Crippen LogP contribution in [0.2, 0.25) is 0 Å². The number of hydrogen-bond donors (Lipinski definition) is 7. The first-order chi connectivity index (χ1) is 10.3. The highest BCUT2D eigenvalue weighted by atomic mass is 16.6. The maximum Gasteiger partial charge on any atom is 0.354 e. The van der Waals surface area contributed by atoms with Crippen LogP contribution < -0.4 is 22.6 Å². The van der Waals surface area contributed by atoms with Crippen LogP contribution in [-0.2, 0) is 4.74 Å². The van der Waals surface area contributed by atoms with Gasteiger partial charge in [-0.15, -0.1) is 0 Å². The van der Waals surface area contributed by atoms with Gasteiger partial charge in [-0.3, -0.25) is 9.77 Å². The van der Waals surface area contributed by atoms with Gasteiger partial charge in [0.1, 0.15) is 24.6 Å². The molecule has 2 heterocycles. The predicted molar refractivity (Wildman–Crippen MR) is 68.2 cm³/mol. The molecule has 1 aromatic heterocycles. The van der Waals surface area contributed by atoms with Crippen LogP contribution in [0.3, 0.4) is 0 Å². The number of ether oxygens (including phenoxy) is 1. The Kier molecular flexibility index (Phi) is 6.14. The fourth-order valence-electron chi connectivity index (χ4n) is 1.64. The number of anilines is 1. The Hall–Kier alpha value is -2.32. The van der Waals surface area contributed by atoms with Gasteiger partial charge in [0.05, 0.1) is 6.61 Å². The number of aliphatic hydroxyl groups is 3. The minimum atomic E-state index is -1.35. The third-order valence-electron chi connectivity index (χ3n) is 2.65. The SMILES string of the molecule is NC(=O)NO.Nc1ncn(C2O[C@H](CO)[C@@H](O)[C@H]2O)c(=O)n1. The molecular weight excluding hydrogens is 304 g/mol. The highest BCUT2D eigenvalue weighted by Crippen LogP contribution is 2.27. The van der Waals surface area contributed by atoms with Crippen LogP contribution >= 0.6 is 0 Å². The van der Waals surface area contributed by atoms with Gasteiger partial charge in [0, 0.05) is 0 Å². The summed E-state index contributed by atoms with van der Waals surface area (Å²) in [4.78, 5) is 27.7. The average Bonchev–Trinajstić information content (AvgIpc) is 2.76.